The van der Waals surface area contributed by atoms with Crippen molar-refractivity contribution in [2.75, 3.05) is 11.5 Å². The van der Waals surface area contributed by atoms with Crippen LogP contribution >= 0.6 is 11.3 Å². The molecule has 2 heterocycles. The first-order chi connectivity index (χ1) is 16.2. The summed E-state index contributed by atoms with van der Waals surface area (Å²) in [6.07, 6.45) is 9.76. The van der Waals surface area contributed by atoms with Gasteiger partial charge in [0.1, 0.15) is 11.4 Å². The molecule has 1 N–H and O–H groups in total. The minimum absolute atomic E-state index is 0.127. The number of nitrogens with zero attached hydrogens (tertiary/aromatic N) is 3. The van der Waals surface area contributed by atoms with Crippen molar-refractivity contribution in [3.05, 3.63) is 70.9 Å². The lowest BCUT2D eigenvalue weighted by molar-refractivity contribution is -0.123. The Morgan fingerprint density at radius 2 is 1.94 bits per heavy atom. The molecule has 2 aromatic heterocycles. The summed E-state index contributed by atoms with van der Waals surface area (Å²) in [4.78, 5) is 37.9. The predicted molar refractivity (Wildman–Crippen MR) is 129 cm³/mol. The summed E-state index contributed by atoms with van der Waals surface area (Å²) in [7, 11) is 0. The zero-order valence-corrected chi connectivity index (χ0v) is 19.5. The third kappa shape index (κ3) is 5.57. The van der Waals surface area contributed by atoms with E-state index in [1.54, 1.807) is 24.3 Å². The molecule has 0 spiro atoms. The summed E-state index contributed by atoms with van der Waals surface area (Å²) >= 11 is 1.45. The molecule has 0 bridgehead atoms. The van der Waals surface area contributed by atoms with E-state index >= 15 is 0 Å². The van der Waals surface area contributed by atoms with Crippen LogP contribution in [0.1, 0.15) is 60.4 Å². The van der Waals surface area contributed by atoms with E-state index in [0.717, 1.165) is 30.6 Å². The molecule has 1 saturated carbocycles. The number of hydrogen-bond donors (Lipinski definition) is 1. The summed E-state index contributed by atoms with van der Waals surface area (Å²) in [5.74, 6) is 0.132. The van der Waals surface area contributed by atoms with Gasteiger partial charge in [-0.3, -0.25) is 19.5 Å². The molecule has 172 valence electrons. The predicted octanol–water partition coefficient (Wildman–Crippen LogP) is 4.77. The first-order valence-electron chi connectivity index (χ1n) is 11.3. The molecule has 1 fully saturated rings. The minimum atomic E-state index is -0.820. The van der Waals surface area contributed by atoms with Gasteiger partial charge in [0.25, 0.3) is 5.91 Å². The van der Waals surface area contributed by atoms with Gasteiger partial charge in [0.2, 0.25) is 5.91 Å². The van der Waals surface area contributed by atoms with Gasteiger partial charge in [0, 0.05) is 29.0 Å². The molecule has 0 radical (unpaired) electrons. The number of thiophene rings is 1. The normalized spacial score (nSPS) is 14.9. The summed E-state index contributed by atoms with van der Waals surface area (Å²) in [5.41, 5.74) is 0.768. The molecule has 0 saturated heterocycles. The number of carbonyl (C=O) groups is 2. The van der Waals surface area contributed by atoms with E-state index in [-0.39, 0.29) is 23.6 Å². The third-order valence-corrected chi connectivity index (χ3v) is 6.62. The van der Waals surface area contributed by atoms with Gasteiger partial charge < -0.3 is 10.1 Å². The van der Waals surface area contributed by atoms with Crippen molar-refractivity contribution in [1.29, 1.82) is 0 Å². The molecule has 1 aliphatic rings. The quantitative estimate of drug-likeness (QED) is 0.519. The second kappa shape index (κ2) is 11.0. The summed E-state index contributed by atoms with van der Waals surface area (Å²) in [6.45, 7) is 2.46. The van der Waals surface area contributed by atoms with Crippen LogP contribution in [0.5, 0.6) is 5.75 Å². The molecule has 2 amide bonds. The van der Waals surface area contributed by atoms with E-state index in [2.05, 4.69) is 15.3 Å². The Bertz CT molecular complexity index is 1040. The zero-order valence-electron chi connectivity index (χ0n) is 18.6. The van der Waals surface area contributed by atoms with Gasteiger partial charge in [-0.1, -0.05) is 25.3 Å². The lowest BCUT2D eigenvalue weighted by Crippen LogP contribution is -2.47. The number of hydrogen-bond acceptors (Lipinski definition) is 6. The van der Waals surface area contributed by atoms with Crippen LogP contribution in [0.25, 0.3) is 0 Å². The number of amides is 2. The third-order valence-electron chi connectivity index (χ3n) is 5.70. The number of nitrogens with one attached hydrogen (secondary N) is 1. The molecule has 4 rings (SSSR count). The molecule has 1 atom stereocenters. The average molecular weight is 465 g/mol. The number of rotatable bonds is 8. The van der Waals surface area contributed by atoms with Crippen LogP contribution in [0.15, 0.2) is 60.4 Å². The Balaban J connectivity index is 1.73. The van der Waals surface area contributed by atoms with Crippen LogP contribution in [-0.4, -0.2) is 34.4 Å². The van der Waals surface area contributed by atoms with Crippen molar-refractivity contribution in [3.8, 4) is 5.75 Å². The van der Waals surface area contributed by atoms with Crippen LogP contribution in [0, 0.1) is 0 Å². The molecule has 8 heteroatoms. The van der Waals surface area contributed by atoms with Crippen molar-refractivity contribution in [1.82, 2.24) is 15.3 Å². The SMILES string of the molecule is CCOc1ccc(N(C(=O)c2cnccn2)C(C(=O)NC2CCCCC2)c2cccs2)cc1. The van der Waals surface area contributed by atoms with Crippen LogP contribution in [0.4, 0.5) is 5.69 Å². The first-order valence-corrected chi connectivity index (χ1v) is 12.2. The number of anilines is 1. The maximum absolute atomic E-state index is 13.7. The fraction of sp³-hybridized carbons (Fsp3) is 0.360. The Hall–Kier alpha value is -3.26. The van der Waals surface area contributed by atoms with Crippen LogP contribution in [-0.2, 0) is 4.79 Å². The van der Waals surface area contributed by atoms with E-state index in [0.29, 0.717) is 18.0 Å². The molecule has 1 unspecified atom stereocenters. The number of carbonyl (C=O) groups excluding carboxylic acids is 2. The highest BCUT2D eigenvalue weighted by Crippen LogP contribution is 2.33. The van der Waals surface area contributed by atoms with Crippen molar-refractivity contribution in [2.45, 2.75) is 51.1 Å². The highest BCUT2D eigenvalue weighted by molar-refractivity contribution is 7.10. The molecule has 0 aliphatic heterocycles. The van der Waals surface area contributed by atoms with Crippen LogP contribution < -0.4 is 15.0 Å². The first kappa shape index (κ1) is 22.9. The van der Waals surface area contributed by atoms with E-state index in [1.807, 2.05) is 24.4 Å². The second-order valence-electron chi connectivity index (χ2n) is 7.95. The van der Waals surface area contributed by atoms with Gasteiger partial charge in [-0.05, 0) is 55.5 Å². The van der Waals surface area contributed by atoms with Gasteiger partial charge in [-0.15, -0.1) is 11.3 Å². The average Bonchev–Trinajstić information content (AvgIpc) is 3.38. The standard InChI is InChI=1S/C25H28N4O3S/c1-2-32-20-12-10-19(11-13-20)29(25(31)21-17-26-14-15-27-21)23(22-9-6-16-33-22)24(30)28-18-7-4-3-5-8-18/h6,9-18,23H,2-5,7-8H2,1H3,(H,28,30). The maximum atomic E-state index is 13.7. The summed E-state index contributed by atoms with van der Waals surface area (Å²) in [5, 5.41) is 5.12. The highest BCUT2D eigenvalue weighted by atomic mass is 32.1. The largest absolute Gasteiger partial charge is 0.494 e. The van der Waals surface area contributed by atoms with E-state index < -0.39 is 6.04 Å². The fourth-order valence-corrected chi connectivity index (χ4v) is 4.95. The van der Waals surface area contributed by atoms with Crippen molar-refractivity contribution >= 4 is 28.8 Å². The summed E-state index contributed by atoms with van der Waals surface area (Å²) in [6, 6.07) is 10.3. The van der Waals surface area contributed by atoms with Gasteiger partial charge >= 0.3 is 0 Å². The fourth-order valence-electron chi connectivity index (χ4n) is 4.13. The molecule has 1 aromatic carbocycles. The monoisotopic (exact) mass is 464 g/mol. The lowest BCUT2D eigenvalue weighted by atomic mass is 9.95. The van der Waals surface area contributed by atoms with Gasteiger partial charge in [0.05, 0.1) is 12.8 Å². The van der Waals surface area contributed by atoms with Crippen molar-refractivity contribution in [2.24, 2.45) is 0 Å². The van der Waals surface area contributed by atoms with Crippen LogP contribution in [0.3, 0.4) is 0 Å². The lowest BCUT2D eigenvalue weighted by Gasteiger charge is -2.32. The topological polar surface area (TPSA) is 84.4 Å². The van der Waals surface area contributed by atoms with Crippen LogP contribution in [0.2, 0.25) is 0 Å². The highest BCUT2D eigenvalue weighted by Gasteiger charge is 2.35. The molecule has 33 heavy (non-hydrogen) atoms. The Morgan fingerprint density at radius 1 is 1.15 bits per heavy atom. The molecule has 7 nitrogen and oxygen atoms in total. The number of aromatic nitrogens is 2. The van der Waals surface area contributed by atoms with Gasteiger partial charge in [0.15, 0.2) is 6.04 Å². The van der Waals surface area contributed by atoms with Crippen molar-refractivity contribution < 1.29 is 14.3 Å². The number of benzene rings is 1. The summed E-state index contributed by atoms with van der Waals surface area (Å²) < 4.78 is 5.56. The molecular weight excluding hydrogens is 436 g/mol. The second-order valence-corrected chi connectivity index (χ2v) is 8.93. The van der Waals surface area contributed by atoms with Gasteiger partial charge in [-0.2, -0.15) is 0 Å². The number of ether oxygens (including phenoxy) is 1. The minimum Gasteiger partial charge on any atom is -0.494 e. The molecular formula is C25H28N4O3S. The van der Waals surface area contributed by atoms with Crippen molar-refractivity contribution in [3.63, 3.8) is 0 Å². The van der Waals surface area contributed by atoms with E-state index in [1.165, 1.54) is 41.2 Å². The van der Waals surface area contributed by atoms with E-state index in [4.69, 9.17) is 4.74 Å². The Morgan fingerprint density at radius 3 is 2.58 bits per heavy atom. The molecule has 3 aromatic rings. The Labute approximate surface area is 197 Å². The van der Waals surface area contributed by atoms with Gasteiger partial charge in [-0.25, -0.2) is 4.98 Å². The smallest absolute Gasteiger partial charge is 0.279 e. The van der Waals surface area contributed by atoms with E-state index in [9.17, 15) is 9.59 Å². The maximum Gasteiger partial charge on any atom is 0.279 e. The molecule has 1 aliphatic carbocycles. The zero-order chi connectivity index (χ0) is 23.0. The Kier molecular flexibility index (Phi) is 7.67.